The highest BCUT2D eigenvalue weighted by Gasteiger charge is 2.24. The number of piperidine rings is 1. The summed E-state index contributed by atoms with van der Waals surface area (Å²) in [5.41, 5.74) is 2.23. The summed E-state index contributed by atoms with van der Waals surface area (Å²) in [5, 5.41) is 15.2. The number of aromatic nitrogens is 2. The van der Waals surface area contributed by atoms with Crippen molar-refractivity contribution in [1.29, 1.82) is 0 Å². The second-order valence-electron chi connectivity index (χ2n) is 9.26. The van der Waals surface area contributed by atoms with Gasteiger partial charge in [0.15, 0.2) is 0 Å². The molecule has 0 aliphatic carbocycles. The van der Waals surface area contributed by atoms with Crippen LogP contribution in [0.1, 0.15) is 54.6 Å². The van der Waals surface area contributed by atoms with Crippen molar-refractivity contribution in [3.05, 3.63) is 35.5 Å². The zero-order chi connectivity index (χ0) is 24.8. The molecule has 1 fully saturated rings. The van der Waals surface area contributed by atoms with E-state index < -0.39 is 16.6 Å². The first-order chi connectivity index (χ1) is 16.8. The molecule has 1 saturated heterocycles. The minimum Gasteiger partial charge on any atom is -0.395 e. The van der Waals surface area contributed by atoms with Crippen molar-refractivity contribution in [2.75, 3.05) is 52.2 Å². The van der Waals surface area contributed by atoms with E-state index in [1.54, 1.807) is 24.3 Å². The van der Waals surface area contributed by atoms with Crippen LogP contribution in [-0.2, 0) is 10.0 Å². The van der Waals surface area contributed by atoms with Crippen LogP contribution in [0.3, 0.4) is 0 Å². The van der Waals surface area contributed by atoms with Gasteiger partial charge in [0, 0.05) is 31.4 Å². The molecule has 1 aromatic heterocycles. The predicted octanol–water partition coefficient (Wildman–Crippen LogP) is 2.97. The third-order valence-corrected chi connectivity index (χ3v) is 7.77. The van der Waals surface area contributed by atoms with Gasteiger partial charge in [0.05, 0.1) is 29.3 Å². The van der Waals surface area contributed by atoms with E-state index in [4.69, 9.17) is 5.11 Å². The summed E-state index contributed by atoms with van der Waals surface area (Å²) in [6.07, 6.45) is 6.62. The van der Waals surface area contributed by atoms with E-state index in [0.717, 1.165) is 51.0 Å². The molecule has 0 saturated carbocycles. The number of rotatable bonds is 4. The summed E-state index contributed by atoms with van der Waals surface area (Å²) in [7, 11) is -3.68. The van der Waals surface area contributed by atoms with Gasteiger partial charge in [0.2, 0.25) is 16.0 Å². The molecule has 190 valence electrons. The molecule has 0 atom stereocenters. The molecular formula is C24H34N6O4S. The van der Waals surface area contributed by atoms with Gasteiger partial charge in [-0.1, -0.05) is 19.3 Å². The molecule has 4 bridgehead atoms. The van der Waals surface area contributed by atoms with Gasteiger partial charge >= 0.3 is 0 Å². The van der Waals surface area contributed by atoms with Crippen LogP contribution in [0, 0.1) is 12.8 Å². The molecule has 0 spiro atoms. The molecule has 3 aliphatic heterocycles. The van der Waals surface area contributed by atoms with E-state index in [1.165, 1.54) is 12.8 Å². The summed E-state index contributed by atoms with van der Waals surface area (Å²) < 4.78 is 26.9. The molecule has 4 heterocycles. The molecule has 3 aliphatic rings. The van der Waals surface area contributed by atoms with Crippen molar-refractivity contribution < 1.29 is 18.3 Å². The van der Waals surface area contributed by atoms with Gasteiger partial charge in [0.1, 0.15) is 5.82 Å². The number of fused-ring (bicyclic) bond motifs is 8. The number of sulfonamides is 1. The van der Waals surface area contributed by atoms with Crippen molar-refractivity contribution in [2.45, 2.75) is 45.4 Å². The monoisotopic (exact) mass is 502 g/mol. The number of aliphatic hydroxyl groups is 1. The first-order valence-electron chi connectivity index (χ1n) is 12.2. The van der Waals surface area contributed by atoms with Crippen LogP contribution in [0.4, 0.5) is 23.1 Å². The molecule has 0 radical (unpaired) electrons. The molecule has 5 rings (SSSR count). The Labute approximate surface area is 206 Å². The number of benzene rings is 1. The summed E-state index contributed by atoms with van der Waals surface area (Å²) >= 11 is 0. The number of hydrogen-bond acceptors (Lipinski definition) is 8. The Hall–Kier alpha value is -2.92. The van der Waals surface area contributed by atoms with Crippen LogP contribution in [0.5, 0.6) is 0 Å². The van der Waals surface area contributed by atoms with Gasteiger partial charge in [-0.05, 0) is 50.3 Å². The summed E-state index contributed by atoms with van der Waals surface area (Å²) in [4.78, 5) is 24.4. The van der Waals surface area contributed by atoms with Crippen LogP contribution in [0.15, 0.2) is 24.3 Å². The number of aryl methyl sites for hydroxylation is 1. The van der Waals surface area contributed by atoms with Gasteiger partial charge in [-0.3, -0.25) is 9.52 Å². The van der Waals surface area contributed by atoms with Crippen molar-refractivity contribution in [2.24, 2.45) is 5.92 Å². The number of hydrogen-bond donors (Lipinski definition) is 4. The summed E-state index contributed by atoms with van der Waals surface area (Å²) in [5.74, 6) is 0.841. The second-order valence-corrected chi connectivity index (χ2v) is 11.1. The van der Waals surface area contributed by atoms with Gasteiger partial charge in [0.25, 0.3) is 5.91 Å². The largest absolute Gasteiger partial charge is 0.395 e. The average Bonchev–Trinajstić information content (AvgIpc) is 2.80. The van der Waals surface area contributed by atoms with Gasteiger partial charge < -0.3 is 20.6 Å². The second kappa shape index (κ2) is 11.2. The van der Waals surface area contributed by atoms with Gasteiger partial charge in [-0.25, -0.2) is 13.4 Å². The van der Waals surface area contributed by atoms with Crippen LogP contribution in [0.25, 0.3) is 0 Å². The highest BCUT2D eigenvalue weighted by molar-refractivity contribution is 7.92. The topological polar surface area (TPSA) is 137 Å². The standard InChI is InChI=1S/C24H34N6O4S/c1-17-15-22-27-23(32)20-7-6-19(29-35(33,34)14-13-31)16-21(20)30-11-8-18(9-12-30)5-3-2-4-10-25-24(26-17)28-22/h6-7,15-16,18,29,31H,2-5,8-14H2,1H3,(H2,25,26,27,28,32). The first kappa shape index (κ1) is 25.2. The minimum atomic E-state index is -3.68. The Morgan fingerprint density at radius 3 is 2.69 bits per heavy atom. The van der Waals surface area contributed by atoms with E-state index >= 15 is 0 Å². The molecule has 1 aromatic carbocycles. The maximum Gasteiger partial charge on any atom is 0.258 e. The third-order valence-electron chi connectivity index (χ3n) is 6.50. The van der Waals surface area contributed by atoms with E-state index in [-0.39, 0.29) is 11.7 Å². The quantitative estimate of drug-likeness (QED) is 0.501. The minimum absolute atomic E-state index is 0.319. The Kier molecular flexibility index (Phi) is 8.07. The number of aliphatic hydroxyl groups excluding tert-OH is 1. The number of nitrogens with one attached hydrogen (secondary N) is 3. The summed E-state index contributed by atoms with van der Waals surface area (Å²) in [6, 6.07) is 6.63. The lowest BCUT2D eigenvalue weighted by atomic mass is 9.90. The van der Waals surface area contributed by atoms with E-state index in [2.05, 4.69) is 30.2 Å². The third kappa shape index (κ3) is 6.82. The fourth-order valence-corrected chi connectivity index (χ4v) is 5.52. The predicted molar refractivity (Wildman–Crippen MR) is 138 cm³/mol. The lowest BCUT2D eigenvalue weighted by molar-refractivity contribution is 0.102. The lowest BCUT2D eigenvalue weighted by Gasteiger charge is -2.35. The first-order valence-corrected chi connectivity index (χ1v) is 13.9. The molecule has 2 aromatic rings. The Bertz CT molecular complexity index is 1150. The van der Waals surface area contributed by atoms with Gasteiger partial charge in [-0.2, -0.15) is 4.98 Å². The van der Waals surface area contributed by atoms with E-state index in [1.807, 2.05) is 6.92 Å². The van der Waals surface area contributed by atoms with Crippen molar-refractivity contribution >= 4 is 39.1 Å². The smallest absolute Gasteiger partial charge is 0.258 e. The molecule has 35 heavy (non-hydrogen) atoms. The van der Waals surface area contributed by atoms with Crippen molar-refractivity contribution in [3.63, 3.8) is 0 Å². The number of amides is 1. The zero-order valence-corrected chi connectivity index (χ0v) is 20.9. The number of nitrogens with zero attached hydrogens (tertiary/aromatic N) is 3. The average molecular weight is 503 g/mol. The van der Waals surface area contributed by atoms with Crippen LogP contribution < -0.4 is 20.3 Å². The number of anilines is 4. The molecule has 4 N–H and O–H groups in total. The number of carbonyl (C=O) groups is 1. The lowest BCUT2D eigenvalue weighted by Crippen LogP contribution is -2.35. The SMILES string of the molecule is Cc1cc2nc(n1)NCCCCCC1CCN(CC1)c1cc(NS(=O)(=O)CCO)ccc1C(=O)N2. The van der Waals surface area contributed by atoms with Crippen molar-refractivity contribution in [3.8, 4) is 0 Å². The Balaban J connectivity index is 1.67. The fraction of sp³-hybridized carbons (Fsp3) is 0.542. The fourth-order valence-electron chi connectivity index (χ4n) is 4.69. The van der Waals surface area contributed by atoms with Crippen molar-refractivity contribution in [1.82, 2.24) is 9.97 Å². The molecule has 11 heteroatoms. The highest BCUT2D eigenvalue weighted by Crippen LogP contribution is 2.32. The molecule has 1 amide bonds. The normalized spacial score (nSPS) is 17.8. The van der Waals surface area contributed by atoms with E-state index in [9.17, 15) is 13.2 Å². The molecular weight excluding hydrogens is 468 g/mol. The summed E-state index contributed by atoms with van der Waals surface area (Å²) in [6.45, 7) is 3.78. The number of carbonyl (C=O) groups excluding carboxylic acids is 1. The Morgan fingerprint density at radius 1 is 1.11 bits per heavy atom. The van der Waals surface area contributed by atoms with Crippen LogP contribution in [0.2, 0.25) is 0 Å². The maximum atomic E-state index is 13.4. The van der Waals surface area contributed by atoms with Crippen LogP contribution in [-0.4, -0.2) is 61.4 Å². The van der Waals surface area contributed by atoms with Gasteiger partial charge in [-0.15, -0.1) is 0 Å². The van der Waals surface area contributed by atoms with E-state index in [0.29, 0.717) is 34.6 Å². The zero-order valence-electron chi connectivity index (χ0n) is 20.1. The van der Waals surface area contributed by atoms with Crippen LogP contribution >= 0.6 is 0 Å². The maximum absolute atomic E-state index is 13.4. The highest BCUT2D eigenvalue weighted by atomic mass is 32.2. The molecule has 10 nitrogen and oxygen atoms in total. The molecule has 0 unspecified atom stereocenters. The Morgan fingerprint density at radius 2 is 1.91 bits per heavy atom.